The third-order valence-electron chi connectivity index (χ3n) is 5.76. The van der Waals surface area contributed by atoms with Crippen molar-refractivity contribution in [3.8, 4) is 11.5 Å². The number of carbonyl (C=O) groups is 1. The summed E-state index contributed by atoms with van der Waals surface area (Å²) in [7, 11) is 0. The van der Waals surface area contributed by atoms with E-state index in [9.17, 15) is 9.90 Å². The topological polar surface area (TPSA) is 65.9 Å². The summed E-state index contributed by atoms with van der Waals surface area (Å²) in [6.07, 6.45) is 3.59. The minimum Gasteiger partial charge on any atom is -0.507 e. The smallest absolute Gasteiger partial charge is 0.232 e. The van der Waals surface area contributed by atoms with E-state index in [1.165, 1.54) is 0 Å². The highest BCUT2D eigenvalue weighted by Gasteiger charge is 2.34. The van der Waals surface area contributed by atoms with Crippen LogP contribution in [0.4, 0.5) is 5.82 Å². The molecule has 0 unspecified atom stereocenters. The first-order valence-corrected chi connectivity index (χ1v) is 11.2. The molecule has 0 bridgehead atoms. The number of hydrogen-bond donors (Lipinski definition) is 1. The van der Waals surface area contributed by atoms with Crippen LogP contribution in [0.15, 0.2) is 53.7 Å². The van der Waals surface area contributed by atoms with Crippen molar-refractivity contribution in [1.82, 2.24) is 9.88 Å². The molecule has 1 N–H and O–H groups in total. The maximum Gasteiger partial charge on any atom is 0.232 e. The number of pyridine rings is 1. The average Bonchev–Trinajstić information content (AvgIpc) is 3.41. The number of rotatable bonds is 4. The molecule has 7 heteroatoms. The normalized spacial score (nSPS) is 17.8. The molecule has 0 aliphatic carbocycles. The summed E-state index contributed by atoms with van der Waals surface area (Å²) in [5.41, 5.74) is 1.97. The van der Waals surface area contributed by atoms with Crippen molar-refractivity contribution >= 4 is 29.0 Å². The molecule has 2 aliphatic heterocycles. The fourth-order valence-electron chi connectivity index (χ4n) is 4.13. The lowest BCUT2D eigenvalue weighted by Gasteiger charge is -2.35. The summed E-state index contributed by atoms with van der Waals surface area (Å²) in [5.74, 6) is 1.85. The molecule has 1 fully saturated rings. The number of aromatic nitrogens is 1. The zero-order valence-electron chi connectivity index (χ0n) is 17.2. The van der Waals surface area contributed by atoms with E-state index >= 15 is 0 Å². The molecule has 2 aliphatic rings. The summed E-state index contributed by atoms with van der Waals surface area (Å²) >= 11 is 1.55. The maximum absolute atomic E-state index is 13.0. The fourth-order valence-corrected chi connectivity index (χ4v) is 4.78. The number of allylic oxidation sites excluding steroid dienone is 1. The van der Waals surface area contributed by atoms with Crippen LogP contribution in [0.2, 0.25) is 0 Å². The highest BCUT2D eigenvalue weighted by Crippen LogP contribution is 2.42. The molecule has 158 valence electrons. The van der Waals surface area contributed by atoms with Gasteiger partial charge >= 0.3 is 0 Å². The first-order chi connectivity index (χ1) is 15.1. The van der Waals surface area contributed by atoms with Crippen molar-refractivity contribution in [1.29, 1.82) is 0 Å². The summed E-state index contributed by atoms with van der Waals surface area (Å²) in [5, 5.41) is 12.7. The minimum absolute atomic E-state index is 0.123. The van der Waals surface area contributed by atoms with Crippen LogP contribution in [-0.2, 0) is 6.54 Å². The number of aryl methyl sites for hydroxylation is 1. The van der Waals surface area contributed by atoms with Crippen LogP contribution < -0.4 is 9.64 Å². The molecule has 0 atom stereocenters. The van der Waals surface area contributed by atoms with Crippen LogP contribution >= 0.6 is 11.3 Å². The number of phenols is 1. The van der Waals surface area contributed by atoms with E-state index < -0.39 is 0 Å². The number of thiophene rings is 1. The van der Waals surface area contributed by atoms with E-state index in [1.807, 2.05) is 48.8 Å². The summed E-state index contributed by atoms with van der Waals surface area (Å²) in [6, 6.07) is 11.5. The quantitative estimate of drug-likeness (QED) is 0.625. The Morgan fingerprint density at radius 1 is 1.19 bits per heavy atom. The van der Waals surface area contributed by atoms with Gasteiger partial charge < -0.3 is 14.7 Å². The number of hydrogen-bond acceptors (Lipinski definition) is 7. The number of aromatic hydroxyl groups is 1. The van der Waals surface area contributed by atoms with Gasteiger partial charge in [0.25, 0.3) is 0 Å². The van der Waals surface area contributed by atoms with Crippen LogP contribution in [0.25, 0.3) is 6.08 Å². The zero-order valence-corrected chi connectivity index (χ0v) is 18.1. The molecule has 6 nitrogen and oxygen atoms in total. The Morgan fingerprint density at radius 3 is 2.74 bits per heavy atom. The largest absolute Gasteiger partial charge is 0.507 e. The van der Waals surface area contributed by atoms with Crippen molar-refractivity contribution in [2.45, 2.75) is 13.5 Å². The molecule has 2 aromatic heterocycles. The lowest BCUT2D eigenvalue weighted by molar-refractivity contribution is 0.101. The molecule has 31 heavy (non-hydrogen) atoms. The molecule has 3 aromatic rings. The first kappa shape index (κ1) is 19.8. The van der Waals surface area contributed by atoms with Crippen LogP contribution in [0.3, 0.4) is 0 Å². The van der Waals surface area contributed by atoms with E-state index in [0.29, 0.717) is 29.2 Å². The van der Waals surface area contributed by atoms with Crippen LogP contribution in [-0.4, -0.2) is 47.0 Å². The Kier molecular flexibility index (Phi) is 5.21. The molecular formula is C24H23N3O3S. The number of benzene rings is 1. The molecule has 4 heterocycles. The Labute approximate surface area is 185 Å². The van der Waals surface area contributed by atoms with Gasteiger partial charge in [-0.15, -0.1) is 11.3 Å². The van der Waals surface area contributed by atoms with Gasteiger partial charge in [0.05, 0.1) is 11.1 Å². The number of phenolic OH excluding ortho intramolecular Hbond substituents is 1. The molecule has 0 saturated carbocycles. The van der Waals surface area contributed by atoms with E-state index in [0.717, 1.165) is 42.4 Å². The van der Waals surface area contributed by atoms with Gasteiger partial charge in [0.1, 0.15) is 17.3 Å². The SMILES string of the molecule is Cc1cc(O)c(CN2CCN(c3ccccn3)CC2)c2c1C(=O)/C(=C/c1cccs1)O2. The van der Waals surface area contributed by atoms with Crippen LogP contribution in [0, 0.1) is 6.92 Å². The van der Waals surface area contributed by atoms with Crippen molar-refractivity contribution in [2.75, 3.05) is 31.1 Å². The van der Waals surface area contributed by atoms with Gasteiger partial charge in [0.15, 0.2) is 5.76 Å². The van der Waals surface area contributed by atoms with Gasteiger partial charge in [-0.05, 0) is 42.1 Å². The summed E-state index contributed by atoms with van der Waals surface area (Å²) in [6.45, 7) is 5.76. The van der Waals surface area contributed by atoms with Gasteiger partial charge in [0.2, 0.25) is 5.78 Å². The number of ether oxygens (including phenoxy) is 1. The molecule has 0 spiro atoms. The number of fused-ring (bicyclic) bond motifs is 1. The van der Waals surface area contributed by atoms with Gasteiger partial charge in [-0.3, -0.25) is 9.69 Å². The molecular weight excluding hydrogens is 410 g/mol. The standard InChI is InChI=1S/C24H23N3O3S/c1-16-13-19(28)18(15-26-8-10-27(11-9-26)21-6-2-3-7-25-21)24-22(16)23(29)20(30-24)14-17-5-4-12-31-17/h2-7,12-14,28H,8-11,15H2,1H3/b20-14-. The van der Waals surface area contributed by atoms with Gasteiger partial charge in [-0.2, -0.15) is 0 Å². The van der Waals surface area contributed by atoms with E-state index in [-0.39, 0.29) is 11.5 Å². The third-order valence-corrected chi connectivity index (χ3v) is 6.58. The Morgan fingerprint density at radius 2 is 2.03 bits per heavy atom. The van der Waals surface area contributed by atoms with E-state index in [2.05, 4.69) is 14.8 Å². The van der Waals surface area contributed by atoms with E-state index in [1.54, 1.807) is 23.5 Å². The van der Waals surface area contributed by atoms with E-state index in [4.69, 9.17) is 4.74 Å². The van der Waals surface area contributed by atoms with Gasteiger partial charge in [0, 0.05) is 49.9 Å². The Bertz CT molecular complexity index is 1130. The second-order valence-electron chi connectivity index (χ2n) is 7.80. The first-order valence-electron chi connectivity index (χ1n) is 10.3. The molecule has 0 amide bonds. The number of ketones is 1. The fraction of sp³-hybridized carbons (Fsp3) is 0.250. The summed E-state index contributed by atoms with van der Waals surface area (Å²) in [4.78, 5) is 22.9. The molecule has 5 rings (SSSR count). The summed E-state index contributed by atoms with van der Waals surface area (Å²) < 4.78 is 6.03. The monoisotopic (exact) mass is 433 g/mol. The number of anilines is 1. The van der Waals surface area contributed by atoms with Gasteiger partial charge in [-0.1, -0.05) is 12.1 Å². The average molecular weight is 434 g/mol. The van der Waals surface area contributed by atoms with Crippen LogP contribution in [0.5, 0.6) is 11.5 Å². The lowest BCUT2D eigenvalue weighted by Crippen LogP contribution is -2.46. The Hall–Kier alpha value is -3.16. The number of carbonyl (C=O) groups excluding carboxylic acids is 1. The lowest BCUT2D eigenvalue weighted by atomic mass is 9.99. The number of nitrogens with zero attached hydrogens (tertiary/aromatic N) is 3. The number of piperazine rings is 1. The van der Waals surface area contributed by atoms with Crippen molar-refractivity contribution in [3.63, 3.8) is 0 Å². The van der Waals surface area contributed by atoms with Crippen molar-refractivity contribution in [2.24, 2.45) is 0 Å². The van der Waals surface area contributed by atoms with Crippen LogP contribution in [0.1, 0.15) is 26.4 Å². The number of Topliss-reactive ketones (excluding diaryl/α,β-unsaturated/α-hetero) is 1. The predicted octanol–water partition coefficient (Wildman–Crippen LogP) is 4.10. The maximum atomic E-state index is 13.0. The van der Waals surface area contributed by atoms with Crippen molar-refractivity contribution in [3.05, 3.63) is 75.3 Å². The highest BCUT2D eigenvalue weighted by atomic mass is 32.1. The highest BCUT2D eigenvalue weighted by molar-refractivity contribution is 7.10. The molecule has 1 saturated heterocycles. The Balaban J connectivity index is 1.37. The molecule has 0 radical (unpaired) electrons. The van der Waals surface area contributed by atoms with Crippen molar-refractivity contribution < 1.29 is 14.6 Å². The zero-order chi connectivity index (χ0) is 21.4. The predicted molar refractivity (Wildman–Crippen MR) is 122 cm³/mol. The molecule has 1 aromatic carbocycles. The second-order valence-corrected chi connectivity index (χ2v) is 8.78. The minimum atomic E-state index is -0.123. The second kappa shape index (κ2) is 8.17. The third kappa shape index (κ3) is 3.82. The van der Waals surface area contributed by atoms with Gasteiger partial charge in [-0.25, -0.2) is 4.98 Å².